The number of unbranched alkanes of at least 4 members (excludes halogenated alkanes) is 1. The summed E-state index contributed by atoms with van der Waals surface area (Å²) in [5, 5.41) is 3.54. The molecule has 1 fully saturated rings. The van der Waals surface area contributed by atoms with E-state index in [9.17, 15) is 0 Å². The summed E-state index contributed by atoms with van der Waals surface area (Å²) in [6.07, 6.45) is 7.24. The lowest BCUT2D eigenvalue weighted by Gasteiger charge is -2.24. The molecule has 0 aliphatic carbocycles. The van der Waals surface area contributed by atoms with Crippen LogP contribution in [-0.4, -0.2) is 37.1 Å². The van der Waals surface area contributed by atoms with Gasteiger partial charge in [-0.2, -0.15) is 0 Å². The molecular weight excluding hydrogens is 208 g/mol. The highest BCUT2D eigenvalue weighted by Gasteiger charge is 2.16. The van der Waals surface area contributed by atoms with Crippen LogP contribution in [0.3, 0.4) is 0 Å². The van der Waals surface area contributed by atoms with Gasteiger partial charge >= 0.3 is 0 Å². The zero-order valence-electron chi connectivity index (χ0n) is 9.71. The number of hydrogen-bond acceptors (Lipinski definition) is 2. The van der Waals surface area contributed by atoms with Gasteiger partial charge in [0.2, 0.25) is 0 Å². The molecule has 1 N–H and O–H groups in total. The molecule has 1 aliphatic heterocycles. The maximum atomic E-state index is 5.57. The largest absolute Gasteiger partial charge is 0.313 e. The third kappa shape index (κ3) is 5.55. The molecule has 0 saturated carbocycles. The van der Waals surface area contributed by atoms with Gasteiger partial charge in [0.25, 0.3) is 0 Å². The van der Waals surface area contributed by atoms with Gasteiger partial charge in [-0.3, -0.25) is 4.90 Å². The summed E-state index contributed by atoms with van der Waals surface area (Å²) < 4.78 is 0. The maximum Gasteiger partial charge on any atom is 0.0195 e. The maximum absolute atomic E-state index is 5.57. The highest BCUT2D eigenvalue weighted by Crippen LogP contribution is 2.07. The minimum Gasteiger partial charge on any atom is -0.313 e. The van der Waals surface area contributed by atoms with Gasteiger partial charge < -0.3 is 5.32 Å². The molecule has 15 heavy (non-hydrogen) atoms. The molecule has 3 heteroatoms. The van der Waals surface area contributed by atoms with E-state index in [0.717, 1.165) is 6.54 Å². The van der Waals surface area contributed by atoms with Crippen LogP contribution in [0.4, 0.5) is 0 Å². The Morgan fingerprint density at radius 3 is 3.00 bits per heavy atom. The zero-order valence-corrected chi connectivity index (χ0v) is 10.5. The topological polar surface area (TPSA) is 15.3 Å². The molecule has 0 spiro atoms. The van der Waals surface area contributed by atoms with E-state index in [1.54, 1.807) is 5.54 Å². The van der Waals surface area contributed by atoms with Gasteiger partial charge in [-0.05, 0) is 32.4 Å². The van der Waals surface area contributed by atoms with Crippen molar-refractivity contribution < 1.29 is 0 Å². The van der Waals surface area contributed by atoms with E-state index in [1.165, 1.54) is 45.3 Å². The lowest BCUT2D eigenvalue weighted by Crippen LogP contribution is -2.38. The van der Waals surface area contributed by atoms with Crippen molar-refractivity contribution in [3.05, 3.63) is 11.6 Å². The molecule has 2 nitrogen and oxygen atoms in total. The highest BCUT2D eigenvalue weighted by atomic mass is 35.5. The van der Waals surface area contributed by atoms with E-state index in [-0.39, 0.29) is 0 Å². The van der Waals surface area contributed by atoms with Crippen molar-refractivity contribution in [3.8, 4) is 0 Å². The molecule has 88 valence electrons. The fourth-order valence-electron chi connectivity index (χ4n) is 2.05. The van der Waals surface area contributed by atoms with Crippen LogP contribution in [0, 0.1) is 0 Å². The van der Waals surface area contributed by atoms with Crippen LogP contribution in [0.15, 0.2) is 11.6 Å². The Hall–Kier alpha value is -0.0500. The van der Waals surface area contributed by atoms with E-state index in [1.807, 2.05) is 6.08 Å². The molecule has 1 rings (SSSR count). The molecule has 0 aromatic rings. The van der Waals surface area contributed by atoms with Crippen LogP contribution in [0.5, 0.6) is 0 Å². The van der Waals surface area contributed by atoms with Crippen LogP contribution in [0.2, 0.25) is 0 Å². The summed E-state index contributed by atoms with van der Waals surface area (Å²) in [6.45, 7) is 6.78. The third-order valence-electron chi connectivity index (χ3n) is 2.92. The predicted octanol–water partition coefficient (Wildman–Crippen LogP) is 2.59. The van der Waals surface area contributed by atoms with Gasteiger partial charge in [0.15, 0.2) is 0 Å². The van der Waals surface area contributed by atoms with Crippen molar-refractivity contribution in [2.24, 2.45) is 0 Å². The van der Waals surface area contributed by atoms with Crippen LogP contribution in [-0.2, 0) is 0 Å². The van der Waals surface area contributed by atoms with E-state index in [2.05, 4.69) is 17.1 Å². The average Bonchev–Trinajstić information content (AvgIpc) is 2.74. The second-order valence-electron chi connectivity index (χ2n) is 4.27. The Bertz CT molecular complexity index is 176. The van der Waals surface area contributed by atoms with Crippen molar-refractivity contribution in [2.75, 3.05) is 26.2 Å². The number of halogens is 1. The number of nitrogens with zero attached hydrogens (tertiary/aromatic N) is 1. The zero-order chi connectivity index (χ0) is 10.9. The van der Waals surface area contributed by atoms with Crippen LogP contribution < -0.4 is 5.32 Å². The van der Waals surface area contributed by atoms with Crippen molar-refractivity contribution >= 4 is 11.6 Å². The molecular formula is C12H23ClN2. The first kappa shape index (κ1) is 13.0. The van der Waals surface area contributed by atoms with Gasteiger partial charge in [0.05, 0.1) is 0 Å². The highest BCUT2D eigenvalue weighted by molar-refractivity contribution is 6.25. The van der Waals surface area contributed by atoms with Crippen LogP contribution in [0.25, 0.3) is 0 Å². The third-order valence-corrected chi connectivity index (χ3v) is 3.10. The molecule has 1 atom stereocenters. The minimum atomic E-state index is 0.700. The van der Waals surface area contributed by atoms with Gasteiger partial charge in [-0.1, -0.05) is 31.0 Å². The van der Waals surface area contributed by atoms with Crippen LogP contribution in [0.1, 0.15) is 32.6 Å². The molecule has 0 aromatic heterocycles. The second kappa shape index (κ2) is 8.14. The lowest BCUT2D eigenvalue weighted by molar-refractivity contribution is 0.269. The fraction of sp³-hybridized carbons (Fsp3) is 0.833. The van der Waals surface area contributed by atoms with Crippen molar-refractivity contribution in [3.63, 3.8) is 0 Å². The summed E-state index contributed by atoms with van der Waals surface area (Å²) in [7, 11) is 0. The van der Waals surface area contributed by atoms with E-state index in [0.29, 0.717) is 6.04 Å². The summed E-state index contributed by atoms with van der Waals surface area (Å²) in [4.78, 5) is 2.49. The van der Waals surface area contributed by atoms with Gasteiger partial charge in [-0.15, -0.1) is 0 Å². The Kier molecular flexibility index (Phi) is 7.07. The van der Waals surface area contributed by atoms with Gasteiger partial charge in [0, 0.05) is 24.7 Å². The standard InChI is InChI=1S/C12H23ClN2/c1-2-3-9-15(10-5-7-13)11-12-6-4-8-14-12/h5,7,12,14H,2-4,6,8-11H2,1H3/b7-5+. The van der Waals surface area contributed by atoms with E-state index < -0.39 is 0 Å². The molecule has 1 aliphatic rings. The second-order valence-corrected chi connectivity index (χ2v) is 4.52. The minimum absolute atomic E-state index is 0.700. The smallest absolute Gasteiger partial charge is 0.0195 e. The fourth-order valence-corrected chi connectivity index (χ4v) is 2.13. The summed E-state index contributed by atoms with van der Waals surface area (Å²) in [5.74, 6) is 0. The monoisotopic (exact) mass is 230 g/mol. The first-order valence-electron chi connectivity index (χ1n) is 6.07. The molecule has 0 radical (unpaired) electrons. The summed E-state index contributed by atoms with van der Waals surface area (Å²) >= 11 is 5.57. The Labute approximate surface area is 98.7 Å². The summed E-state index contributed by atoms with van der Waals surface area (Å²) in [6, 6.07) is 0.700. The first-order valence-corrected chi connectivity index (χ1v) is 6.51. The Morgan fingerprint density at radius 1 is 1.53 bits per heavy atom. The first-order chi connectivity index (χ1) is 7.36. The lowest BCUT2D eigenvalue weighted by atomic mass is 10.2. The predicted molar refractivity (Wildman–Crippen MR) is 67.4 cm³/mol. The van der Waals surface area contributed by atoms with Gasteiger partial charge in [0.1, 0.15) is 0 Å². The van der Waals surface area contributed by atoms with Crippen molar-refractivity contribution in [1.82, 2.24) is 10.2 Å². The van der Waals surface area contributed by atoms with Gasteiger partial charge in [-0.25, -0.2) is 0 Å². The van der Waals surface area contributed by atoms with Crippen LogP contribution >= 0.6 is 11.6 Å². The van der Waals surface area contributed by atoms with Crippen molar-refractivity contribution in [1.29, 1.82) is 0 Å². The van der Waals surface area contributed by atoms with Crippen molar-refractivity contribution in [2.45, 2.75) is 38.6 Å². The quantitative estimate of drug-likeness (QED) is 0.724. The Balaban J connectivity index is 2.25. The molecule has 1 saturated heterocycles. The van der Waals surface area contributed by atoms with E-state index >= 15 is 0 Å². The average molecular weight is 231 g/mol. The Morgan fingerprint density at radius 2 is 2.40 bits per heavy atom. The van der Waals surface area contributed by atoms with E-state index in [4.69, 9.17) is 11.6 Å². The molecule has 0 amide bonds. The number of nitrogens with one attached hydrogen (secondary N) is 1. The summed E-state index contributed by atoms with van der Waals surface area (Å²) in [5.41, 5.74) is 1.63. The molecule has 1 heterocycles. The normalized spacial score (nSPS) is 21.9. The molecule has 1 unspecified atom stereocenters. The number of hydrogen-bond donors (Lipinski definition) is 1. The number of rotatable bonds is 7. The SMILES string of the molecule is CCCCN(C/C=C/Cl)CC1CCCN1. The molecule has 0 bridgehead atoms. The molecule has 0 aromatic carbocycles.